The van der Waals surface area contributed by atoms with Crippen LogP contribution in [0.1, 0.15) is 344 Å². The molecular formula is C69H134O17P2. The summed E-state index contributed by atoms with van der Waals surface area (Å²) in [6, 6.07) is 0. The van der Waals surface area contributed by atoms with E-state index in [0.29, 0.717) is 25.7 Å². The molecule has 522 valence electrons. The fraction of sp³-hybridized carbons (Fsp3) is 0.942. The second-order valence-corrected chi connectivity index (χ2v) is 29.0. The lowest BCUT2D eigenvalue weighted by Crippen LogP contribution is -2.30. The van der Waals surface area contributed by atoms with E-state index in [0.717, 1.165) is 114 Å². The molecule has 0 fully saturated rings. The fourth-order valence-electron chi connectivity index (χ4n) is 10.3. The van der Waals surface area contributed by atoms with Crippen molar-refractivity contribution in [2.75, 3.05) is 39.6 Å². The van der Waals surface area contributed by atoms with Crippen LogP contribution < -0.4 is 0 Å². The van der Waals surface area contributed by atoms with Crippen molar-refractivity contribution in [1.82, 2.24) is 0 Å². The zero-order valence-corrected chi connectivity index (χ0v) is 59.0. The van der Waals surface area contributed by atoms with Crippen molar-refractivity contribution in [3.63, 3.8) is 0 Å². The van der Waals surface area contributed by atoms with Crippen LogP contribution in [0.3, 0.4) is 0 Å². The van der Waals surface area contributed by atoms with Crippen LogP contribution in [0.4, 0.5) is 0 Å². The maximum Gasteiger partial charge on any atom is 0.472 e. The molecule has 0 radical (unpaired) electrons. The topological polar surface area (TPSA) is 237 Å². The average Bonchev–Trinajstić information content (AvgIpc) is 3.69. The van der Waals surface area contributed by atoms with Crippen molar-refractivity contribution < 1.29 is 80.2 Å². The predicted octanol–water partition coefficient (Wildman–Crippen LogP) is 19.5. The molecule has 3 N–H and O–H groups in total. The number of esters is 4. The van der Waals surface area contributed by atoms with E-state index >= 15 is 0 Å². The second kappa shape index (κ2) is 60.0. The smallest absolute Gasteiger partial charge is 0.462 e. The number of carbonyl (C=O) groups is 4. The molecule has 0 aliphatic rings. The van der Waals surface area contributed by atoms with E-state index in [9.17, 15) is 43.2 Å². The van der Waals surface area contributed by atoms with Gasteiger partial charge in [0.05, 0.1) is 26.4 Å². The van der Waals surface area contributed by atoms with Gasteiger partial charge in [-0.2, -0.15) is 0 Å². The molecule has 0 aromatic rings. The number of unbranched alkanes of at least 4 members (excludes halogenated alkanes) is 34. The van der Waals surface area contributed by atoms with Crippen molar-refractivity contribution in [3.05, 3.63) is 0 Å². The largest absolute Gasteiger partial charge is 0.472 e. The van der Waals surface area contributed by atoms with Crippen molar-refractivity contribution >= 4 is 39.5 Å². The van der Waals surface area contributed by atoms with Crippen molar-refractivity contribution in [1.29, 1.82) is 0 Å². The first-order valence-corrected chi connectivity index (χ1v) is 38.9. The van der Waals surface area contributed by atoms with E-state index in [4.69, 9.17) is 37.0 Å². The van der Waals surface area contributed by atoms with Gasteiger partial charge < -0.3 is 33.8 Å². The molecule has 3 unspecified atom stereocenters. The molecule has 0 aliphatic carbocycles. The number of phosphoric ester groups is 2. The molecule has 0 aromatic heterocycles. The van der Waals surface area contributed by atoms with Crippen molar-refractivity contribution in [2.45, 2.75) is 362 Å². The van der Waals surface area contributed by atoms with Crippen LogP contribution in [-0.4, -0.2) is 96.7 Å². The van der Waals surface area contributed by atoms with Gasteiger partial charge in [-0.25, -0.2) is 9.13 Å². The number of aliphatic hydroxyl groups is 1. The number of aliphatic hydroxyl groups excluding tert-OH is 1. The van der Waals surface area contributed by atoms with E-state index in [-0.39, 0.29) is 25.7 Å². The van der Waals surface area contributed by atoms with E-state index < -0.39 is 97.5 Å². The van der Waals surface area contributed by atoms with Crippen LogP contribution in [0, 0.1) is 17.8 Å². The molecule has 0 spiro atoms. The molecule has 0 heterocycles. The number of carbonyl (C=O) groups excluding carboxylic acids is 4. The highest BCUT2D eigenvalue weighted by Gasteiger charge is 2.30. The Hall–Kier alpha value is -1.94. The van der Waals surface area contributed by atoms with E-state index in [1.807, 2.05) is 0 Å². The number of phosphoric acid groups is 2. The Bertz CT molecular complexity index is 1730. The third kappa shape index (κ3) is 61.6. The van der Waals surface area contributed by atoms with Crippen LogP contribution in [-0.2, 0) is 65.4 Å². The monoisotopic (exact) mass is 1300 g/mol. The summed E-state index contributed by atoms with van der Waals surface area (Å²) in [5, 5.41) is 10.6. The molecule has 88 heavy (non-hydrogen) atoms. The summed E-state index contributed by atoms with van der Waals surface area (Å²) in [6.07, 6.45) is 43.3. The van der Waals surface area contributed by atoms with Crippen LogP contribution >= 0.6 is 15.6 Å². The summed E-state index contributed by atoms with van der Waals surface area (Å²) in [7, 11) is -9.89. The SMILES string of the molecule is CCCCCCCC(=O)OC[C@H](COP(=O)(O)OC[C@H](O)COP(=O)(O)OC[C@@H](COC(=O)CCCCCCCCCCCCC(C)CC)OC(=O)CCCCCCCCCCCCCCCC(C)C)OC(=O)CCCCCCCCCCCCC(C)C. The molecule has 0 bridgehead atoms. The lowest BCUT2D eigenvalue weighted by Gasteiger charge is -2.21. The first-order valence-electron chi connectivity index (χ1n) is 35.9. The van der Waals surface area contributed by atoms with E-state index in [2.05, 4.69) is 48.5 Å². The summed E-state index contributed by atoms with van der Waals surface area (Å²) in [6.45, 7) is 11.8. The third-order valence-electron chi connectivity index (χ3n) is 16.2. The molecule has 0 amide bonds. The Labute approximate surface area is 537 Å². The molecule has 17 nitrogen and oxygen atoms in total. The van der Waals surface area contributed by atoms with Gasteiger partial charge in [-0.05, 0) is 43.4 Å². The molecular weight excluding hydrogens is 1160 g/mol. The number of hydrogen-bond donors (Lipinski definition) is 3. The standard InChI is InChI=1S/C69H134O17P2/c1-8-10-11-33-43-50-66(71)79-56-64(85-68(73)53-46-39-32-26-19-17-22-28-35-41-48-61(5)6)58-83-87(75,76)81-54-63(70)55-82-88(77,78)84-59-65(57-80-67(72)51-44-37-30-24-20-18-23-29-36-42-49-62(7)9-2)86-69(74)52-45-38-31-25-16-14-12-13-15-21-27-34-40-47-60(3)4/h60-65,70H,8-59H2,1-7H3,(H,75,76)(H,77,78)/t62?,63-,64+,65+/m0/s1. The van der Waals surface area contributed by atoms with Crippen LogP contribution in [0.25, 0.3) is 0 Å². The average molecular weight is 1300 g/mol. The maximum atomic E-state index is 13.0. The lowest BCUT2D eigenvalue weighted by molar-refractivity contribution is -0.161. The molecule has 19 heteroatoms. The van der Waals surface area contributed by atoms with Gasteiger partial charge in [-0.1, -0.05) is 292 Å². The van der Waals surface area contributed by atoms with Crippen molar-refractivity contribution in [2.24, 2.45) is 17.8 Å². The van der Waals surface area contributed by atoms with Gasteiger partial charge in [-0.3, -0.25) is 37.3 Å². The molecule has 0 saturated heterocycles. The van der Waals surface area contributed by atoms with E-state index in [1.54, 1.807) is 0 Å². The van der Waals surface area contributed by atoms with E-state index in [1.165, 1.54) is 148 Å². The Morgan fingerprint density at radius 3 is 0.864 bits per heavy atom. The van der Waals surface area contributed by atoms with Gasteiger partial charge in [0.2, 0.25) is 0 Å². The van der Waals surface area contributed by atoms with Gasteiger partial charge in [0.1, 0.15) is 19.3 Å². The van der Waals surface area contributed by atoms with Crippen LogP contribution in [0.5, 0.6) is 0 Å². The van der Waals surface area contributed by atoms with Gasteiger partial charge in [0, 0.05) is 25.7 Å². The minimum absolute atomic E-state index is 0.105. The zero-order valence-electron chi connectivity index (χ0n) is 57.2. The Kier molecular flexibility index (Phi) is 58.7. The lowest BCUT2D eigenvalue weighted by atomic mass is 9.99. The van der Waals surface area contributed by atoms with Gasteiger partial charge >= 0.3 is 39.5 Å². The summed E-state index contributed by atoms with van der Waals surface area (Å²) < 4.78 is 68.1. The Morgan fingerprint density at radius 2 is 0.580 bits per heavy atom. The van der Waals surface area contributed by atoms with Gasteiger partial charge in [-0.15, -0.1) is 0 Å². The summed E-state index contributed by atoms with van der Waals surface area (Å²) in [5.41, 5.74) is 0. The molecule has 0 aliphatic heterocycles. The highest BCUT2D eigenvalue weighted by Crippen LogP contribution is 2.45. The van der Waals surface area contributed by atoms with Crippen molar-refractivity contribution in [3.8, 4) is 0 Å². The fourth-order valence-corrected chi connectivity index (χ4v) is 11.9. The minimum atomic E-state index is -4.95. The molecule has 6 atom stereocenters. The predicted molar refractivity (Wildman–Crippen MR) is 354 cm³/mol. The zero-order chi connectivity index (χ0) is 65.2. The molecule has 0 aromatic carbocycles. The first kappa shape index (κ1) is 86.1. The van der Waals surface area contributed by atoms with Crippen LogP contribution in [0.2, 0.25) is 0 Å². The van der Waals surface area contributed by atoms with Gasteiger partial charge in [0.25, 0.3) is 0 Å². The van der Waals surface area contributed by atoms with Gasteiger partial charge in [0.15, 0.2) is 12.2 Å². The quantitative estimate of drug-likeness (QED) is 0.0222. The molecule has 0 saturated carbocycles. The number of ether oxygens (including phenoxy) is 4. The highest BCUT2D eigenvalue weighted by atomic mass is 31.2. The Balaban J connectivity index is 5.18. The van der Waals surface area contributed by atoms with Crippen LogP contribution in [0.15, 0.2) is 0 Å². The first-order chi connectivity index (χ1) is 42.3. The maximum absolute atomic E-state index is 13.0. The summed E-state index contributed by atoms with van der Waals surface area (Å²) in [4.78, 5) is 72.3. The Morgan fingerprint density at radius 1 is 0.330 bits per heavy atom. The number of rotatable bonds is 67. The minimum Gasteiger partial charge on any atom is -0.462 e. The third-order valence-corrected chi connectivity index (χ3v) is 18.1. The molecule has 0 rings (SSSR count). The summed E-state index contributed by atoms with van der Waals surface area (Å²) in [5.74, 6) is 0.210. The highest BCUT2D eigenvalue weighted by molar-refractivity contribution is 7.47. The summed E-state index contributed by atoms with van der Waals surface area (Å²) >= 11 is 0. The normalized spacial score (nSPS) is 14.5. The number of hydrogen-bond acceptors (Lipinski definition) is 15. The second-order valence-electron chi connectivity index (χ2n) is 26.1.